The molecule has 0 radical (unpaired) electrons. The van der Waals surface area contributed by atoms with E-state index in [0.29, 0.717) is 0 Å². The van der Waals surface area contributed by atoms with E-state index in [-0.39, 0.29) is 21.1 Å². The summed E-state index contributed by atoms with van der Waals surface area (Å²) in [6.07, 6.45) is 1.85. The van der Waals surface area contributed by atoms with E-state index in [1.165, 1.54) is 27.8 Å². The molecule has 4 heterocycles. The van der Waals surface area contributed by atoms with Crippen LogP contribution in [0, 0.1) is 26.8 Å². The smallest absolute Gasteiger partial charge is 0.656 e. The number of fused-ring (bicyclic) bond motifs is 7. The molecule has 0 atom stereocenters. The molecule has 4 aromatic heterocycles. The van der Waals surface area contributed by atoms with Gasteiger partial charge >= 0.3 is 21.1 Å². The summed E-state index contributed by atoms with van der Waals surface area (Å²) in [6, 6.07) is 57.5. The second-order valence-electron chi connectivity index (χ2n) is 14.7. The average molecular weight is 913 g/mol. The van der Waals surface area contributed by atoms with E-state index in [1.807, 2.05) is 18.3 Å². The van der Waals surface area contributed by atoms with E-state index in [9.17, 15) is 0 Å². The molecule has 0 aliphatic heterocycles. The van der Waals surface area contributed by atoms with Crippen molar-refractivity contribution >= 4 is 54.6 Å². The van der Waals surface area contributed by atoms with Crippen molar-refractivity contribution in [2.75, 3.05) is 0 Å². The van der Waals surface area contributed by atoms with E-state index in [2.05, 4.69) is 175 Å². The van der Waals surface area contributed by atoms with E-state index in [4.69, 9.17) is 15.0 Å². The topological polar surface area (TPSA) is 49.7 Å². The predicted molar refractivity (Wildman–Crippen MR) is 231 cm³/mol. The fraction of sp³-hybridized carbons (Fsp3) is 0.0588. The fourth-order valence-corrected chi connectivity index (χ4v) is 8.52. The number of rotatable bonds is 5. The first-order valence-electron chi connectivity index (χ1n) is 19.0. The Bertz CT molecular complexity index is 3310. The van der Waals surface area contributed by atoms with E-state index in [0.717, 1.165) is 88.7 Å². The predicted octanol–water partition coefficient (Wildman–Crippen LogP) is 12.5. The summed E-state index contributed by atoms with van der Waals surface area (Å²) in [7, 11) is 0. The molecule has 0 amide bonds. The first-order valence-corrected chi connectivity index (χ1v) is 19.0. The van der Waals surface area contributed by atoms with Gasteiger partial charge in [0, 0.05) is 23.0 Å². The second kappa shape index (κ2) is 13.6. The number of hydrogen-bond donors (Lipinski definition) is 0. The second-order valence-corrected chi connectivity index (χ2v) is 14.7. The molecule has 0 bridgehead atoms. The summed E-state index contributed by atoms with van der Waals surface area (Å²) in [4.78, 5) is 15.6. The Morgan fingerprint density at radius 3 is 2.14 bits per heavy atom. The summed E-state index contributed by atoms with van der Waals surface area (Å²) in [5.74, 6) is 1.71. The number of aromatic nitrogens is 5. The van der Waals surface area contributed by atoms with Crippen LogP contribution in [0.5, 0.6) is 0 Å². The Morgan fingerprint density at radius 1 is 0.561 bits per heavy atom. The van der Waals surface area contributed by atoms with E-state index < -0.39 is 0 Å². The molecule has 0 saturated carbocycles. The van der Waals surface area contributed by atoms with Crippen LogP contribution in [-0.2, 0) is 21.1 Å². The van der Waals surface area contributed by atoms with Gasteiger partial charge in [-0.1, -0.05) is 114 Å². The molecule has 11 aromatic rings. The van der Waals surface area contributed by atoms with Crippen molar-refractivity contribution in [3.05, 3.63) is 181 Å². The molecule has 274 valence electrons. The van der Waals surface area contributed by atoms with Gasteiger partial charge in [0.25, 0.3) is 0 Å². The third-order valence-corrected chi connectivity index (χ3v) is 11.5. The summed E-state index contributed by atoms with van der Waals surface area (Å²) < 4.78 is 4.55. The zero-order valence-corrected chi connectivity index (χ0v) is 33.8. The van der Waals surface area contributed by atoms with Gasteiger partial charge in [-0.15, -0.1) is 34.8 Å². The maximum Gasteiger partial charge on any atom is 2.00 e. The molecule has 0 fully saturated rings. The van der Waals surface area contributed by atoms with Crippen LogP contribution >= 0.6 is 0 Å². The van der Waals surface area contributed by atoms with Crippen molar-refractivity contribution in [3.63, 3.8) is 0 Å². The molecule has 5 nitrogen and oxygen atoms in total. The molecule has 11 rings (SSSR count). The van der Waals surface area contributed by atoms with Crippen LogP contribution in [0.4, 0.5) is 0 Å². The summed E-state index contributed by atoms with van der Waals surface area (Å²) in [5.41, 5.74) is 16.2. The van der Waals surface area contributed by atoms with Gasteiger partial charge in [-0.2, -0.15) is 0 Å². The Hall–Kier alpha value is -6.55. The SMILES string of the molecule is Cc1cc(-n2c(-c3cccc4c3[n-]c3ccccc34)nc3c(-c4[c-]c5c(cc4)c4cc(-c6ccccc6)ccc4n5-c4ccccn4)cccc32)cc(C)c1C.[Pt+2]. The van der Waals surface area contributed by atoms with Crippen LogP contribution < -0.4 is 4.98 Å². The van der Waals surface area contributed by atoms with Crippen molar-refractivity contribution in [2.45, 2.75) is 20.8 Å². The van der Waals surface area contributed by atoms with Crippen LogP contribution in [0.15, 0.2) is 158 Å². The summed E-state index contributed by atoms with van der Waals surface area (Å²) >= 11 is 0. The zero-order valence-electron chi connectivity index (χ0n) is 31.6. The van der Waals surface area contributed by atoms with Gasteiger partial charge in [0.2, 0.25) is 0 Å². The molecule has 6 heteroatoms. The van der Waals surface area contributed by atoms with Crippen LogP contribution in [0.1, 0.15) is 16.7 Å². The van der Waals surface area contributed by atoms with Gasteiger partial charge < -0.3 is 9.55 Å². The maximum absolute atomic E-state index is 5.57. The number of pyridine rings is 1. The first-order chi connectivity index (χ1) is 27.5. The zero-order chi connectivity index (χ0) is 37.5. The third kappa shape index (κ3) is 5.49. The first kappa shape index (κ1) is 34.9. The van der Waals surface area contributed by atoms with Gasteiger partial charge in [-0.3, -0.25) is 4.57 Å². The van der Waals surface area contributed by atoms with Crippen molar-refractivity contribution < 1.29 is 21.1 Å². The quantitative estimate of drug-likeness (QED) is 0.162. The van der Waals surface area contributed by atoms with Gasteiger partial charge in [0.15, 0.2) is 0 Å². The standard InChI is InChI=1S/C51H35N5.Pt/c1-31-27-37(28-32(2)33(31)3)55-46-20-12-16-38(50(46)54-51(55)42-18-11-17-41-39-15-7-8-19-44(39)53-49(41)42)36-22-24-40-43-29-35(34-13-5-4-6-14-34)23-25-45(43)56(47(40)30-36)48-21-9-10-26-52-48;/h4-29H,1-3H3;/q-2;+2. The molecular weight excluding hydrogens is 878 g/mol. The van der Waals surface area contributed by atoms with Crippen LogP contribution in [-0.4, -0.2) is 19.1 Å². The Labute approximate surface area is 344 Å². The molecule has 0 unspecified atom stereocenters. The molecule has 57 heavy (non-hydrogen) atoms. The molecule has 0 spiro atoms. The average Bonchev–Trinajstić information content (AvgIpc) is 3.92. The van der Waals surface area contributed by atoms with Gasteiger partial charge in [-0.25, -0.2) is 9.97 Å². The van der Waals surface area contributed by atoms with Crippen LogP contribution in [0.25, 0.3) is 99.8 Å². The monoisotopic (exact) mass is 912 g/mol. The Balaban J connectivity index is 0.00000396. The number of benzene rings is 7. The van der Waals surface area contributed by atoms with Gasteiger partial charge in [0.1, 0.15) is 11.6 Å². The minimum absolute atomic E-state index is 0. The normalized spacial score (nSPS) is 11.6. The molecule has 0 aliphatic rings. The number of hydrogen-bond acceptors (Lipinski definition) is 2. The van der Waals surface area contributed by atoms with Crippen molar-refractivity contribution in [2.24, 2.45) is 0 Å². The molecular formula is C51H35N5Pt. The number of aryl methyl sites for hydroxylation is 2. The van der Waals surface area contributed by atoms with E-state index in [1.54, 1.807) is 0 Å². The number of para-hydroxylation sites is 3. The number of nitrogens with zero attached hydrogens (tertiary/aromatic N) is 5. The Kier molecular flexibility index (Phi) is 8.32. The minimum Gasteiger partial charge on any atom is -0.656 e. The summed E-state index contributed by atoms with van der Waals surface area (Å²) in [6.45, 7) is 6.57. The van der Waals surface area contributed by atoms with Crippen LogP contribution in [0.3, 0.4) is 0 Å². The minimum atomic E-state index is 0. The largest absolute Gasteiger partial charge is 2.00 e. The number of imidazole rings is 1. The molecule has 0 N–H and O–H groups in total. The summed E-state index contributed by atoms with van der Waals surface area (Å²) in [5, 5.41) is 4.56. The van der Waals surface area contributed by atoms with Crippen molar-refractivity contribution in [1.29, 1.82) is 0 Å². The van der Waals surface area contributed by atoms with Gasteiger partial charge in [0.05, 0.1) is 11.0 Å². The molecule has 0 aliphatic carbocycles. The van der Waals surface area contributed by atoms with Gasteiger partial charge in [-0.05, 0) is 107 Å². The maximum atomic E-state index is 5.57. The van der Waals surface area contributed by atoms with Crippen molar-refractivity contribution in [3.8, 4) is 45.1 Å². The van der Waals surface area contributed by atoms with E-state index >= 15 is 0 Å². The fourth-order valence-electron chi connectivity index (χ4n) is 8.52. The Morgan fingerprint density at radius 2 is 1.32 bits per heavy atom. The van der Waals surface area contributed by atoms with Crippen LogP contribution in [0.2, 0.25) is 0 Å². The van der Waals surface area contributed by atoms with Crippen molar-refractivity contribution in [1.82, 2.24) is 24.1 Å². The molecule has 7 aromatic carbocycles. The molecule has 0 saturated heterocycles. The third-order valence-electron chi connectivity index (χ3n) is 11.5.